The lowest BCUT2D eigenvalue weighted by molar-refractivity contribution is 0.466. The molecule has 0 spiro atoms. The summed E-state index contributed by atoms with van der Waals surface area (Å²) in [5.41, 5.74) is 7.39. The first-order chi connectivity index (χ1) is 10.1. The minimum Gasteiger partial charge on any atom is -0.507 e. The molecule has 2 heteroatoms. The van der Waals surface area contributed by atoms with Crippen LogP contribution in [0.1, 0.15) is 40.7 Å². The van der Waals surface area contributed by atoms with Gasteiger partial charge in [0.25, 0.3) is 0 Å². The molecule has 1 aliphatic rings. The summed E-state index contributed by atoms with van der Waals surface area (Å²) in [5, 5.41) is 13.4. The lowest BCUT2D eigenvalue weighted by Crippen LogP contribution is -2.08. The molecule has 0 heterocycles. The molecule has 0 fully saturated rings. The van der Waals surface area contributed by atoms with E-state index in [0.717, 1.165) is 17.7 Å². The molecule has 21 heavy (non-hydrogen) atoms. The summed E-state index contributed by atoms with van der Waals surface area (Å²) in [6.07, 6.45) is 5.00. The van der Waals surface area contributed by atoms with Gasteiger partial charge < -0.3 is 10.4 Å². The number of rotatable bonds is 3. The Morgan fingerprint density at radius 1 is 1.05 bits per heavy atom. The quantitative estimate of drug-likeness (QED) is 0.868. The van der Waals surface area contributed by atoms with Crippen LogP contribution in [0, 0.1) is 13.8 Å². The standard InChI is InChI=1S/C19H23NO/c1-13-10-15(11-14(2)19(13)21)12-20-18-9-5-7-16-6-3-4-8-17(16)18/h5,7,9-11,20-21H,3-4,6,8,12H2,1-2H3. The van der Waals surface area contributed by atoms with Crippen LogP contribution in [0.4, 0.5) is 5.69 Å². The molecule has 0 aliphatic heterocycles. The molecule has 2 aromatic rings. The van der Waals surface area contributed by atoms with E-state index in [1.165, 1.54) is 48.1 Å². The second kappa shape index (κ2) is 5.80. The second-order valence-electron chi connectivity index (χ2n) is 6.08. The monoisotopic (exact) mass is 281 g/mol. The Balaban J connectivity index is 1.79. The summed E-state index contributed by atoms with van der Waals surface area (Å²) < 4.78 is 0. The van der Waals surface area contributed by atoms with Gasteiger partial charge in [-0.15, -0.1) is 0 Å². The Hall–Kier alpha value is -1.96. The highest BCUT2D eigenvalue weighted by Crippen LogP contribution is 2.29. The van der Waals surface area contributed by atoms with Crippen molar-refractivity contribution in [2.75, 3.05) is 5.32 Å². The van der Waals surface area contributed by atoms with E-state index in [1.807, 2.05) is 13.8 Å². The summed E-state index contributed by atoms with van der Waals surface area (Å²) in [6.45, 7) is 4.71. The number of anilines is 1. The summed E-state index contributed by atoms with van der Waals surface area (Å²) in [7, 11) is 0. The fourth-order valence-corrected chi connectivity index (χ4v) is 3.29. The molecule has 0 unspecified atom stereocenters. The van der Waals surface area contributed by atoms with Crippen molar-refractivity contribution in [3.8, 4) is 5.75 Å². The number of aromatic hydroxyl groups is 1. The fraction of sp³-hybridized carbons (Fsp3) is 0.368. The molecular weight excluding hydrogens is 258 g/mol. The van der Waals surface area contributed by atoms with E-state index in [-0.39, 0.29) is 0 Å². The van der Waals surface area contributed by atoms with Crippen molar-refractivity contribution < 1.29 is 5.11 Å². The first-order valence-corrected chi connectivity index (χ1v) is 7.79. The number of hydrogen-bond donors (Lipinski definition) is 2. The lowest BCUT2D eigenvalue weighted by Gasteiger charge is -2.20. The van der Waals surface area contributed by atoms with E-state index in [2.05, 4.69) is 35.6 Å². The highest BCUT2D eigenvalue weighted by atomic mass is 16.3. The van der Waals surface area contributed by atoms with Gasteiger partial charge in [0.15, 0.2) is 0 Å². The SMILES string of the molecule is Cc1cc(CNc2cccc3c2CCCC3)cc(C)c1O. The van der Waals surface area contributed by atoms with Crippen LogP contribution in [0.2, 0.25) is 0 Å². The number of aryl methyl sites for hydroxylation is 3. The number of fused-ring (bicyclic) bond motifs is 1. The molecular formula is C19H23NO. The zero-order valence-electron chi connectivity index (χ0n) is 12.9. The largest absolute Gasteiger partial charge is 0.507 e. The maximum Gasteiger partial charge on any atom is 0.121 e. The van der Waals surface area contributed by atoms with E-state index < -0.39 is 0 Å². The normalized spacial score (nSPS) is 13.8. The fourth-order valence-electron chi connectivity index (χ4n) is 3.29. The second-order valence-corrected chi connectivity index (χ2v) is 6.08. The summed E-state index contributed by atoms with van der Waals surface area (Å²) >= 11 is 0. The Kier molecular flexibility index (Phi) is 3.87. The number of phenols is 1. The molecule has 0 atom stereocenters. The van der Waals surface area contributed by atoms with Crippen LogP contribution < -0.4 is 5.32 Å². The van der Waals surface area contributed by atoms with Gasteiger partial charge in [-0.1, -0.05) is 24.3 Å². The highest BCUT2D eigenvalue weighted by Gasteiger charge is 2.12. The first-order valence-electron chi connectivity index (χ1n) is 7.79. The smallest absolute Gasteiger partial charge is 0.121 e. The third-order valence-corrected chi connectivity index (χ3v) is 4.43. The predicted molar refractivity (Wildman–Crippen MR) is 88.0 cm³/mol. The van der Waals surface area contributed by atoms with Gasteiger partial charge in [0.1, 0.15) is 5.75 Å². The van der Waals surface area contributed by atoms with Crippen molar-refractivity contribution in [2.24, 2.45) is 0 Å². The Labute approximate surface area is 126 Å². The number of phenolic OH excluding ortho intramolecular Hbond substituents is 1. The highest BCUT2D eigenvalue weighted by molar-refractivity contribution is 5.56. The Bertz CT molecular complexity index is 638. The van der Waals surface area contributed by atoms with Crippen molar-refractivity contribution in [1.82, 2.24) is 0 Å². The van der Waals surface area contributed by atoms with Gasteiger partial charge in [0.2, 0.25) is 0 Å². The van der Waals surface area contributed by atoms with Gasteiger partial charge in [0.05, 0.1) is 0 Å². The molecule has 1 aliphatic carbocycles. The first kappa shape index (κ1) is 14.0. The van der Waals surface area contributed by atoms with Crippen LogP contribution in [0.3, 0.4) is 0 Å². The van der Waals surface area contributed by atoms with Gasteiger partial charge in [0, 0.05) is 12.2 Å². The van der Waals surface area contributed by atoms with Gasteiger partial charge in [-0.05, 0) is 73.4 Å². The van der Waals surface area contributed by atoms with Crippen LogP contribution in [0.25, 0.3) is 0 Å². The molecule has 3 rings (SSSR count). The van der Waals surface area contributed by atoms with Gasteiger partial charge >= 0.3 is 0 Å². The molecule has 2 aromatic carbocycles. The molecule has 0 saturated carbocycles. The number of nitrogens with one attached hydrogen (secondary N) is 1. The zero-order valence-corrected chi connectivity index (χ0v) is 12.9. The van der Waals surface area contributed by atoms with Crippen molar-refractivity contribution in [2.45, 2.75) is 46.1 Å². The van der Waals surface area contributed by atoms with Crippen molar-refractivity contribution in [3.05, 3.63) is 58.1 Å². The van der Waals surface area contributed by atoms with Crippen LogP contribution in [0.5, 0.6) is 5.75 Å². The van der Waals surface area contributed by atoms with Crippen LogP contribution in [-0.2, 0) is 19.4 Å². The van der Waals surface area contributed by atoms with E-state index >= 15 is 0 Å². The average molecular weight is 281 g/mol. The minimum absolute atomic E-state index is 0.413. The third-order valence-electron chi connectivity index (χ3n) is 4.43. The predicted octanol–water partition coefficient (Wildman–Crippen LogP) is 4.50. The number of benzene rings is 2. The molecule has 0 radical (unpaired) electrons. The molecule has 2 N–H and O–H groups in total. The molecule has 0 amide bonds. The van der Waals surface area contributed by atoms with E-state index in [4.69, 9.17) is 0 Å². The molecule has 110 valence electrons. The summed E-state index contributed by atoms with van der Waals surface area (Å²) in [4.78, 5) is 0. The van der Waals surface area contributed by atoms with Crippen LogP contribution >= 0.6 is 0 Å². The average Bonchev–Trinajstić information content (AvgIpc) is 2.50. The molecule has 0 bridgehead atoms. The number of hydrogen-bond acceptors (Lipinski definition) is 2. The van der Waals surface area contributed by atoms with Gasteiger partial charge in [-0.25, -0.2) is 0 Å². The van der Waals surface area contributed by atoms with E-state index in [0.29, 0.717) is 5.75 Å². The zero-order chi connectivity index (χ0) is 14.8. The van der Waals surface area contributed by atoms with Gasteiger partial charge in [-0.3, -0.25) is 0 Å². The summed E-state index contributed by atoms with van der Waals surface area (Å²) in [6, 6.07) is 10.7. The van der Waals surface area contributed by atoms with Crippen molar-refractivity contribution in [1.29, 1.82) is 0 Å². The van der Waals surface area contributed by atoms with E-state index in [1.54, 1.807) is 0 Å². The molecule has 0 saturated heterocycles. The Morgan fingerprint density at radius 2 is 1.76 bits per heavy atom. The minimum atomic E-state index is 0.413. The molecule has 0 aromatic heterocycles. The Morgan fingerprint density at radius 3 is 2.52 bits per heavy atom. The maximum atomic E-state index is 9.85. The van der Waals surface area contributed by atoms with Crippen molar-refractivity contribution >= 4 is 5.69 Å². The lowest BCUT2D eigenvalue weighted by atomic mass is 9.90. The molecule has 2 nitrogen and oxygen atoms in total. The maximum absolute atomic E-state index is 9.85. The van der Waals surface area contributed by atoms with Crippen LogP contribution in [-0.4, -0.2) is 5.11 Å². The third kappa shape index (κ3) is 2.90. The summed E-state index contributed by atoms with van der Waals surface area (Å²) in [5.74, 6) is 0.413. The van der Waals surface area contributed by atoms with Crippen molar-refractivity contribution in [3.63, 3.8) is 0 Å². The van der Waals surface area contributed by atoms with Gasteiger partial charge in [-0.2, -0.15) is 0 Å². The van der Waals surface area contributed by atoms with Crippen LogP contribution in [0.15, 0.2) is 30.3 Å². The van der Waals surface area contributed by atoms with E-state index in [9.17, 15) is 5.11 Å². The topological polar surface area (TPSA) is 32.3 Å².